The topological polar surface area (TPSA) is 90.0 Å². The Morgan fingerprint density at radius 1 is 1.31 bits per heavy atom. The Balaban J connectivity index is 1.47. The summed E-state index contributed by atoms with van der Waals surface area (Å²) in [6.45, 7) is 4.12. The van der Waals surface area contributed by atoms with Crippen molar-refractivity contribution >= 4 is 39.9 Å². The minimum absolute atomic E-state index is 0.174. The second kappa shape index (κ2) is 8.04. The second-order valence-electron chi connectivity index (χ2n) is 7.13. The van der Waals surface area contributed by atoms with Crippen LogP contribution in [0.15, 0.2) is 35.7 Å². The number of primary amides is 1. The smallest absolute Gasteiger partial charge is 0.251 e. The van der Waals surface area contributed by atoms with Crippen LogP contribution in [-0.2, 0) is 17.6 Å². The highest BCUT2D eigenvalue weighted by Gasteiger charge is 2.26. The number of thiophene rings is 1. The van der Waals surface area contributed by atoms with Gasteiger partial charge in [0.25, 0.3) is 5.91 Å². The standard InChI is InChI=1S/C21H22N4O2S2/c1-12-6-7-15(13(2)10-12)25-9-8-23-21(25)28-11-17(26)24-20-18(19(22)27)14-4-3-5-16(14)29-20/h6-10H,3-5,11H2,1-2H3,(H2,22,27)(H,24,26). The molecule has 2 amide bonds. The highest BCUT2D eigenvalue weighted by atomic mass is 32.2. The Morgan fingerprint density at radius 2 is 2.14 bits per heavy atom. The maximum Gasteiger partial charge on any atom is 0.251 e. The van der Waals surface area contributed by atoms with Crippen molar-refractivity contribution < 1.29 is 9.59 Å². The predicted octanol–water partition coefficient (Wildman–Crippen LogP) is 3.87. The molecule has 0 aliphatic heterocycles. The normalized spacial score (nSPS) is 12.8. The van der Waals surface area contributed by atoms with Crippen molar-refractivity contribution in [1.29, 1.82) is 0 Å². The van der Waals surface area contributed by atoms with Crippen LogP contribution >= 0.6 is 23.1 Å². The molecule has 1 aliphatic rings. The van der Waals surface area contributed by atoms with Crippen LogP contribution in [0.25, 0.3) is 5.69 Å². The van der Waals surface area contributed by atoms with E-state index in [4.69, 9.17) is 5.73 Å². The number of nitrogens with two attached hydrogens (primary N) is 1. The average molecular weight is 427 g/mol. The van der Waals surface area contributed by atoms with Gasteiger partial charge in [-0.25, -0.2) is 4.98 Å². The van der Waals surface area contributed by atoms with Crippen LogP contribution in [0.1, 0.15) is 38.3 Å². The molecule has 0 bridgehead atoms. The van der Waals surface area contributed by atoms with E-state index in [1.54, 1.807) is 6.20 Å². The number of hydrogen-bond donors (Lipinski definition) is 2. The van der Waals surface area contributed by atoms with E-state index in [9.17, 15) is 9.59 Å². The van der Waals surface area contributed by atoms with Crippen molar-refractivity contribution in [3.63, 3.8) is 0 Å². The summed E-state index contributed by atoms with van der Waals surface area (Å²) in [5.74, 6) is -0.451. The Labute approximate surface area is 177 Å². The van der Waals surface area contributed by atoms with Gasteiger partial charge in [-0.1, -0.05) is 29.5 Å². The molecule has 4 rings (SSSR count). The summed E-state index contributed by atoms with van der Waals surface area (Å²) < 4.78 is 1.99. The summed E-state index contributed by atoms with van der Waals surface area (Å²) in [6, 6.07) is 6.24. The molecule has 0 radical (unpaired) electrons. The van der Waals surface area contributed by atoms with Crippen molar-refractivity contribution in [1.82, 2.24) is 9.55 Å². The first-order chi connectivity index (χ1) is 13.9. The van der Waals surface area contributed by atoms with Crippen LogP contribution in [-0.4, -0.2) is 27.1 Å². The molecule has 1 aliphatic carbocycles. The zero-order chi connectivity index (χ0) is 20.5. The Hall–Kier alpha value is -2.58. The molecule has 2 aromatic heterocycles. The number of benzene rings is 1. The van der Waals surface area contributed by atoms with E-state index in [0.717, 1.165) is 46.1 Å². The molecule has 0 spiro atoms. The molecule has 0 saturated carbocycles. The number of amides is 2. The van der Waals surface area contributed by atoms with Crippen LogP contribution < -0.4 is 11.1 Å². The number of nitrogens with zero attached hydrogens (tertiary/aromatic N) is 2. The number of thioether (sulfide) groups is 1. The van der Waals surface area contributed by atoms with E-state index in [1.807, 2.05) is 10.8 Å². The molecule has 1 aromatic carbocycles. The Morgan fingerprint density at radius 3 is 2.90 bits per heavy atom. The summed E-state index contributed by atoms with van der Waals surface area (Å²) >= 11 is 2.83. The third kappa shape index (κ3) is 3.95. The van der Waals surface area contributed by atoms with Gasteiger partial charge in [0.1, 0.15) is 5.00 Å². The van der Waals surface area contributed by atoms with Crippen molar-refractivity contribution in [2.24, 2.45) is 5.73 Å². The number of nitrogens with one attached hydrogen (secondary N) is 1. The Kier molecular flexibility index (Phi) is 5.47. The molecule has 29 heavy (non-hydrogen) atoms. The predicted molar refractivity (Wildman–Crippen MR) is 117 cm³/mol. The maximum absolute atomic E-state index is 12.6. The van der Waals surface area contributed by atoms with E-state index < -0.39 is 5.91 Å². The fourth-order valence-electron chi connectivity index (χ4n) is 3.70. The van der Waals surface area contributed by atoms with E-state index in [-0.39, 0.29) is 11.7 Å². The molecule has 3 aromatic rings. The van der Waals surface area contributed by atoms with E-state index in [2.05, 4.69) is 42.3 Å². The van der Waals surface area contributed by atoms with E-state index in [0.29, 0.717) is 10.6 Å². The molecule has 3 N–H and O–H groups in total. The number of carbonyl (C=O) groups excluding carboxylic acids is 2. The minimum atomic E-state index is -0.474. The van der Waals surface area contributed by atoms with Crippen LogP contribution in [0.2, 0.25) is 0 Å². The summed E-state index contributed by atoms with van der Waals surface area (Å²) in [6.07, 6.45) is 6.45. The van der Waals surface area contributed by atoms with Gasteiger partial charge in [-0.3, -0.25) is 14.2 Å². The molecule has 2 heterocycles. The number of aromatic nitrogens is 2. The maximum atomic E-state index is 12.6. The first-order valence-electron chi connectivity index (χ1n) is 9.42. The average Bonchev–Trinajstić information content (AvgIpc) is 3.35. The van der Waals surface area contributed by atoms with Gasteiger partial charge in [-0.2, -0.15) is 0 Å². The van der Waals surface area contributed by atoms with E-state index >= 15 is 0 Å². The fourth-order valence-corrected chi connectivity index (χ4v) is 5.78. The minimum Gasteiger partial charge on any atom is -0.365 e. The van der Waals surface area contributed by atoms with Gasteiger partial charge in [-0.15, -0.1) is 11.3 Å². The van der Waals surface area contributed by atoms with Gasteiger partial charge < -0.3 is 11.1 Å². The molecule has 0 atom stereocenters. The van der Waals surface area contributed by atoms with Gasteiger partial charge in [0, 0.05) is 17.3 Å². The molecular formula is C21H22N4O2S2. The number of hydrogen-bond acceptors (Lipinski definition) is 5. The van der Waals surface area contributed by atoms with Gasteiger partial charge in [0.05, 0.1) is 17.0 Å². The lowest BCUT2D eigenvalue weighted by Gasteiger charge is -2.11. The van der Waals surface area contributed by atoms with Crippen molar-refractivity contribution in [3.8, 4) is 5.69 Å². The second-order valence-corrected chi connectivity index (χ2v) is 9.18. The van der Waals surface area contributed by atoms with Gasteiger partial charge >= 0.3 is 0 Å². The fraction of sp³-hybridized carbons (Fsp3) is 0.286. The zero-order valence-electron chi connectivity index (χ0n) is 16.3. The number of fused-ring (bicyclic) bond motifs is 1. The van der Waals surface area contributed by atoms with E-state index in [1.165, 1.54) is 28.7 Å². The lowest BCUT2D eigenvalue weighted by Crippen LogP contribution is -2.19. The lowest BCUT2D eigenvalue weighted by molar-refractivity contribution is -0.113. The number of carbonyl (C=O) groups is 2. The molecule has 0 fully saturated rings. The molecular weight excluding hydrogens is 404 g/mol. The largest absolute Gasteiger partial charge is 0.365 e. The number of anilines is 1. The third-order valence-electron chi connectivity index (χ3n) is 4.97. The first kappa shape index (κ1) is 19.7. The van der Waals surface area contributed by atoms with Gasteiger partial charge in [0.2, 0.25) is 5.91 Å². The van der Waals surface area contributed by atoms with Crippen molar-refractivity contribution in [2.45, 2.75) is 38.3 Å². The Bertz CT molecular complexity index is 1100. The summed E-state index contributed by atoms with van der Waals surface area (Å²) in [5.41, 5.74) is 10.5. The summed E-state index contributed by atoms with van der Waals surface area (Å²) in [5, 5.41) is 4.20. The SMILES string of the molecule is Cc1ccc(-n2ccnc2SCC(=O)Nc2sc3c(c2C(N)=O)CCC3)c(C)c1. The molecule has 150 valence electrons. The van der Waals surface area contributed by atoms with Crippen LogP contribution in [0, 0.1) is 13.8 Å². The molecule has 6 nitrogen and oxygen atoms in total. The summed E-state index contributed by atoms with van der Waals surface area (Å²) in [7, 11) is 0. The monoisotopic (exact) mass is 426 g/mol. The number of imidazole rings is 1. The molecule has 8 heteroatoms. The highest BCUT2D eigenvalue weighted by molar-refractivity contribution is 7.99. The zero-order valence-corrected chi connectivity index (χ0v) is 18.0. The van der Waals surface area contributed by atoms with Crippen molar-refractivity contribution in [2.75, 3.05) is 11.1 Å². The molecule has 0 unspecified atom stereocenters. The quantitative estimate of drug-likeness (QED) is 0.586. The highest BCUT2D eigenvalue weighted by Crippen LogP contribution is 2.39. The third-order valence-corrected chi connectivity index (χ3v) is 7.15. The first-order valence-corrected chi connectivity index (χ1v) is 11.2. The van der Waals surface area contributed by atoms with Gasteiger partial charge in [0.15, 0.2) is 5.16 Å². The van der Waals surface area contributed by atoms with Crippen LogP contribution in [0.3, 0.4) is 0 Å². The van der Waals surface area contributed by atoms with Crippen LogP contribution in [0.4, 0.5) is 5.00 Å². The van der Waals surface area contributed by atoms with Gasteiger partial charge in [-0.05, 0) is 50.3 Å². The lowest BCUT2D eigenvalue weighted by atomic mass is 10.1. The molecule has 0 saturated heterocycles. The van der Waals surface area contributed by atoms with Crippen molar-refractivity contribution in [3.05, 3.63) is 57.7 Å². The number of aryl methyl sites for hydroxylation is 3. The van der Waals surface area contributed by atoms with Crippen LogP contribution in [0.5, 0.6) is 0 Å². The number of rotatable bonds is 6. The summed E-state index contributed by atoms with van der Waals surface area (Å²) in [4.78, 5) is 30.0.